The minimum atomic E-state index is 0.143. The van der Waals surface area contributed by atoms with E-state index < -0.39 is 0 Å². The van der Waals surface area contributed by atoms with Crippen LogP contribution < -0.4 is 4.90 Å². The van der Waals surface area contributed by atoms with Crippen LogP contribution in [0.25, 0.3) is 0 Å². The maximum Gasteiger partial charge on any atom is 0.242 e. The first-order chi connectivity index (χ1) is 8.58. The van der Waals surface area contributed by atoms with E-state index in [0.717, 1.165) is 31.5 Å². The van der Waals surface area contributed by atoms with E-state index in [9.17, 15) is 4.79 Å². The smallest absolute Gasteiger partial charge is 0.242 e. The Morgan fingerprint density at radius 1 is 1.50 bits per heavy atom. The zero-order valence-electron chi connectivity index (χ0n) is 10.7. The third-order valence-corrected chi connectivity index (χ3v) is 3.29. The molecule has 0 aliphatic carbocycles. The molecular formula is C12H17ClN4O. The lowest BCUT2D eigenvalue weighted by molar-refractivity contribution is -0.128. The highest BCUT2D eigenvalue weighted by Gasteiger charge is 2.20. The number of likely N-dealkylation sites (tertiary alicyclic amines) is 1. The van der Waals surface area contributed by atoms with Gasteiger partial charge in [-0.2, -0.15) is 0 Å². The molecule has 1 aromatic heterocycles. The first-order valence-electron chi connectivity index (χ1n) is 6.06. The van der Waals surface area contributed by atoms with Crippen LogP contribution in [0.4, 0.5) is 5.82 Å². The Kier molecular flexibility index (Phi) is 4.01. The first-order valence-corrected chi connectivity index (χ1v) is 6.44. The molecule has 1 saturated heterocycles. The molecule has 5 nitrogen and oxygen atoms in total. The fourth-order valence-corrected chi connectivity index (χ4v) is 2.27. The predicted molar refractivity (Wildman–Crippen MR) is 70.9 cm³/mol. The molecule has 1 amide bonds. The van der Waals surface area contributed by atoms with Crippen LogP contribution in [0.2, 0.25) is 5.28 Å². The van der Waals surface area contributed by atoms with Crippen LogP contribution in [0.5, 0.6) is 0 Å². The molecule has 0 saturated carbocycles. The van der Waals surface area contributed by atoms with Gasteiger partial charge in [0.15, 0.2) is 0 Å². The largest absolute Gasteiger partial charge is 0.350 e. The number of amides is 1. The Morgan fingerprint density at radius 3 is 2.83 bits per heavy atom. The lowest BCUT2D eigenvalue weighted by atomic mass is 10.3. The summed E-state index contributed by atoms with van der Waals surface area (Å²) in [5.74, 6) is 0.853. The average molecular weight is 269 g/mol. The van der Waals surface area contributed by atoms with E-state index in [1.807, 2.05) is 23.8 Å². The number of rotatable bonds is 3. The van der Waals surface area contributed by atoms with Gasteiger partial charge in [0.05, 0.1) is 6.54 Å². The molecule has 1 aliphatic heterocycles. The van der Waals surface area contributed by atoms with Crippen molar-refractivity contribution in [3.8, 4) is 0 Å². The van der Waals surface area contributed by atoms with Crippen LogP contribution in [0, 0.1) is 6.92 Å². The fraction of sp³-hybridized carbons (Fsp3) is 0.583. The van der Waals surface area contributed by atoms with Crippen LogP contribution in [0.15, 0.2) is 6.20 Å². The Balaban J connectivity index is 2.04. The van der Waals surface area contributed by atoms with Gasteiger partial charge in [-0.05, 0) is 31.4 Å². The average Bonchev–Trinajstić information content (AvgIpc) is 2.85. The van der Waals surface area contributed by atoms with Crippen molar-refractivity contribution >= 4 is 23.3 Å². The van der Waals surface area contributed by atoms with Crippen molar-refractivity contribution in [3.05, 3.63) is 17.0 Å². The molecule has 1 fully saturated rings. The quantitative estimate of drug-likeness (QED) is 0.780. The van der Waals surface area contributed by atoms with Crippen LogP contribution in [0.1, 0.15) is 18.4 Å². The van der Waals surface area contributed by atoms with E-state index in [4.69, 9.17) is 11.6 Å². The molecule has 2 rings (SSSR count). The van der Waals surface area contributed by atoms with Crippen molar-refractivity contribution in [1.29, 1.82) is 0 Å². The molecule has 0 spiro atoms. The van der Waals surface area contributed by atoms with Crippen molar-refractivity contribution in [3.63, 3.8) is 0 Å². The molecule has 0 unspecified atom stereocenters. The number of hydrogen-bond donors (Lipinski definition) is 0. The summed E-state index contributed by atoms with van der Waals surface area (Å²) in [6.45, 7) is 3.98. The topological polar surface area (TPSA) is 49.3 Å². The third-order valence-electron chi connectivity index (χ3n) is 3.11. The second-order valence-corrected chi connectivity index (χ2v) is 4.93. The number of aryl methyl sites for hydroxylation is 1. The first kappa shape index (κ1) is 13.1. The van der Waals surface area contributed by atoms with Gasteiger partial charge >= 0.3 is 0 Å². The number of carbonyl (C=O) groups is 1. The molecule has 0 radical (unpaired) electrons. The molecule has 0 aromatic carbocycles. The second kappa shape index (κ2) is 5.52. The summed E-state index contributed by atoms with van der Waals surface area (Å²) in [7, 11) is 1.85. The Bertz CT molecular complexity index is 446. The highest BCUT2D eigenvalue weighted by molar-refractivity contribution is 6.28. The maximum atomic E-state index is 12.0. The fourth-order valence-electron chi connectivity index (χ4n) is 2.14. The molecule has 1 aromatic rings. The van der Waals surface area contributed by atoms with Gasteiger partial charge in [0.25, 0.3) is 0 Å². The third kappa shape index (κ3) is 2.90. The van der Waals surface area contributed by atoms with Crippen molar-refractivity contribution in [2.24, 2.45) is 0 Å². The minimum Gasteiger partial charge on any atom is -0.350 e. The van der Waals surface area contributed by atoms with Gasteiger partial charge < -0.3 is 9.80 Å². The summed E-state index contributed by atoms with van der Waals surface area (Å²) in [5.41, 5.74) is 0.913. The zero-order chi connectivity index (χ0) is 13.1. The van der Waals surface area contributed by atoms with Gasteiger partial charge in [0.1, 0.15) is 5.82 Å². The summed E-state index contributed by atoms with van der Waals surface area (Å²) in [5, 5.41) is 0.205. The van der Waals surface area contributed by atoms with Crippen LogP contribution in [-0.2, 0) is 4.79 Å². The Labute approximate surface area is 112 Å². The van der Waals surface area contributed by atoms with Crippen molar-refractivity contribution in [2.45, 2.75) is 19.8 Å². The van der Waals surface area contributed by atoms with Crippen LogP contribution in [-0.4, -0.2) is 47.5 Å². The highest BCUT2D eigenvalue weighted by atomic mass is 35.5. The maximum absolute atomic E-state index is 12.0. The molecule has 2 heterocycles. The normalized spacial score (nSPS) is 14.9. The number of halogens is 1. The predicted octanol–water partition coefficient (Wildman–Crippen LogP) is 1.50. The van der Waals surface area contributed by atoms with Gasteiger partial charge in [0.2, 0.25) is 11.2 Å². The molecule has 1 aliphatic rings. The molecule has 0 N–H and O–H groups in total. The molecule has 6 heteroatoms. The summed E-state index contributed by atoms with van der Waals surface area (Å²) in [6, 6.07) is 0. The number of likely N-dealkylation sites (N-methyl/N-ethyl adjacent to an activating group) is 1. The van der Waals surface area contributed by atoms with Crippen molar-refractivity contribution in [2.75, 3.05) is 31.6 Å². The number of hydrogen-bond acceptors (Lipinski definition) is 4. The zero-order valence-corrected chi connectivity index (χ0v) is 11.4. The number of anilines is 1. The Morgan fingerprint density at radius 2 is 2.17 bits per heavy atom. The van der Waals surface area contributed by atoms with Gasteiger partial charge in [-0.1, -0.05) is 0 Å². The SMILES string of the molecule is Cc1cnc(Cl)nc1N(C)CC(=O)N1CCCC1. The number of aromatic nitrogens is 2. The van der Waals surface area contributed by atoms with Gasteiger partial charge in [-0.25, -0.2) is 9.97 Å². The van der Waals surface area contributed by atoms with Crippen molar-refractivity contribution in [1.82, 2.24) is 14.9 Å². The second-order valence-electron chi connectivity index (χ2n) is 4.59. The standard InChI is InChI=1S/C12H17ClN4O/c1-9-7-14-12(13)15-11(9)16(2)8-10(18)17-5-3-4-6-17/h7H,3-6,8H2,1-2H3. The molecular weight excluding hydrogens is 252 g/mol. The Hall–Kier alpha value is -1.36. The summed E-state index contributed by atoms with van der Waals surface area (Å²) >= 11 is 5.78. The van der Waals surface area contributed by atoms with E-state index in [2.05, 4.69) is 9.97 Å². The molecule has 18 heavy (non-hydrogen) atoms. The van der Waals surface area contributed by atoms with E-state index in [1.165, 1.54) is 0 Å². The highest BCUT2D eigenvalue weighted by Crippen LogP contribution is 2.17. The number of carbonyl (C=O) groups excluding carboxylic acids is 1. The minimum absolute atomic E-state index is 0.143. The van der Waals surface area contributed by atoms with E-state index in [1.54, 1.807) is 6.20 Å². The van der Waals surface area contributed by atoms with Crippen molar-refractivity contribution < 1.29 is 4.79 Å². The lowest BCUT2D eigenvalue weighted by Crippen LogP contribution is -2.37. The molecule has 0 atom stereocenters. The van der Waals surface area contributed by atoms with E-state index in [-0.39, 0.29) is 11.2 Å². The van der Waals surface area contributed by atoms with E-state index in [0.29, 0.717) is 12.4 Å². The van der Waals surface area contributed by atoms with Crippen LogP contribution >= 0.6 is 11.6 Å². The summed E-state index contributed by atoms with van der Waals surface area (Å²) in [4.78, 5) is 23.8. The monoisotopic (exact) mass is 268 g/mol. The number of nitrogens with zero attached hydrogens (tertiary/aromatic N) is 4. The lowest BCUT2D eigenvalue weighted by Gasteiger charge is -2.23. The van der Waals surface area contributed by atoms with Crippen LogP contribution in [0.3, 0.4) is 0 Å². The van der Waals surface area contributed by atoms with E-state index >= 15 is 0 Å². The molecule has 0 bridgehead atoms. The van der Waals surface area contributed by atoms with Gasteiger partial charge in [-0.3, -0.25) is 4.79 Å². The molecule has 98 valence electrons. The summed E-state index contributed by atoms with van der Waals surface area (Å²) in [6.07, 6.45) is 3.88. The van der Waals surface area contributed by atoms with Gasteiger partial charge in [-0.15, -0.1) is 0 Å². The summed E-state index contributed by atoms with van der Waals surface area (Å²) < 4.78 is 0. The van der Waals surface area contributed by atoms with Gasteiger partial charge in [0, 0.05) is 31.9 Å².